The maximum absolute atomic E-state index is 11.8. The Bertz CT molecular complexity index is 503. The van der Waals surface area contributed by atoms with Gasteiger partial charge in [-0.15, -0.1) is 0 Å². The Labute approximate surface area is 132 Å². The Morgan fingerprint density at radius 1 is 1.23 bits per heavy atom. The second-order valence-electron chi connectivity index (χ2n) is 7.03. The fourth-order valence-electron chi connectivity index (χ4n) is 2.73. The summed E-state index contributed by atoms with van der Waals surface area (Å²) in [5.74, 6) is 0. The van der Waals surface area contributed by atoms with E-state index in [0.717, 1.165) is 37.1 Å². The zero-order valence-corrected chi connectivity index (χ0v) is 14.0. The van der Waals surface area contributed by atoms with Gasteiger partial charge in [-0.2, -0.15) is 0 Å². The summed E-state index contributed by atoms with van der Waals surface area (Å²) in [7, 11) is 0. The first-order valence-corrected chi connectivity index (χ1v) is 8.00. The second kappa shape index (κ2) is 6.99. The minimum absolute atomic E-state index is 0.215. The molecule has 0 radical (unpaired) electrons. The van der Waals surface area contributed by atoms with Crippen LogP contribution in [0.5, 0.6) is 0 Å². The number of hydrogen-bond acceptors (Lipinski definition) is 4. The lowest BCUT2D eigenvalue weighted by Crippen LogP contribution is -2.42. The van der Waals surface area contributed by atoms with Crippen LogP contribution in [0.3, 0.4) is 0 Å². The van der Waals surface area contributed by atoms with E-state index in [0.29, 0.717) is 6.04 Å². The van der Waals surface area contributed by atoms with E-state index in [4.69, 9.17) is 4.74 Å². The molecule has 1 fully saturated rings. The highest BCUT2D eigenvalue weighted by atomic mass is 16.6. The zero-order chi connectivity index (χ0) is 16.2. The molecule has 0 atom stereocenters. The summed E-state index contributed by atoms with van der Waals surface area (Å²) in [5, 5.41) is 6.52. The average molecular weight is 305 g/mol. The molecule has 1 aliphatic rings. The number of amides is 1. The van der Waals surface area contributed by atoms with Gasteiger partial charge in [0.25, 0.3) is 0 Å². The molecule has 5 nitrogen and oxygen atoms in total. The summed E-state index contributed by atoms with van der Waals surface area (Å²) in [6, 6.07) is 4.73. The van der Waals surface area contributed by atoms with Crippen LogP contribution in [-0.4, -0.2) is 28.8 Å². The first-order valence-electron chi connectivity index (χ1n) is 8.00. The zero-order valence-electron chi connectivity index (χ0n) is 14.0. The van der Waals surface area contributed by atoms with Gasteiger partial charge in [-0.25, -0.2) is 4.79 Å². The van der Waals surface area contributed by atoms with Gasteiger partial charge in [0, 0.05) is 29.7 Å². The van der Waals surface area contributed by atoms with Gasteiger partial charge in [0.2, 0.25) is 0 Å². The highest BCUT2D eigenvalue weighted by Crippen LogP contribution is 2.22. The summed E-state index contributed by atoms with van der Waals surface area (Å²) in [4.78, 5) is 16.0. The number of nitrogens with zero attached hydrogens (tertiary/aromatic N) is 1. The standard InChI is InChI=1S/C17H27N3O2/c1-12-11-15(9-10-18-12)19-13-5-7-14(8-6-13)20-16(21)22-17(2,3)4/h9-11,13-14H,5-8H2,1-4H3,(H,18,19)(H,20,21). The van der Waals surface area contributed by atoms with Crippen molar-refractivity contribution >= 4 is 11.8 Å². The Kier molecular flexibility index (Phi) is 5.27. The van der Waals surface area contributed by atoms with Crippen molar-refractivity contribution < 1.29 is 9.53 Å². The fourth-order valence-corrected chi connectivity index (χ4v) is 2.73. The number of carbonyl (C=O) groups is 1. The molecule has 5 heteroatoms. The van der Waals surface area contributed by atoms with Crippen molar-refractivity contribution in [3.05, 3.63) is 24.0 Å². The first kappa shape index (κ1) is 16.6. The molecule has 1 heterocycles. The highest BCUT2D eigenvalue weighted by molar-refractivity contribution is 5.68. The predicted molar refractivity (Wildman–Crippen MR) is 88.0 cm³/mol. The number of aryl methyl sites for hydroxylation is 1. The number of aromatic nitrogens is 1. The number of alkyl carbamates (subject to hydrolysis) is 1. The molecule has 1 amide bonds. The lowest BCUT2D eigenvalue weighted by Gasteiger charge is -2.31. The van der Waals surface area contributed by atoms with E-state index in [1.165, 1.54) is 0 Å². The molecule has 0 spiro atoms. The summed E-state index contributed by atoms with van der Waals surface area (Å²) < 4.78 is 5.30. The van der Waals surface area contributed by atoms with Crippen LogP contribution in [0.25, 0.3) is 0 Å². The van der Waals surface area contributed by atoms with E-state index in [1.807, 2.05) is 40.0 Å². The minimum atomic E-state index is -0.442. The third-order valence-electron chi connectivity index (χ3n) is 3.72. The Hall–Kier alpha value is -1.78. The van der Waals surface area contributed by atoms with Crippen LogP contribution in [0.4, 0.5) is 10.5 Å². The van der Waals surface area contributed by atoms with Crippen molar-refractivity contribution in [2.24, 2.45) is 0 Å². The topological polar surface area (TPSA) is 63.2 Å². The molecule has 2 N–H and O–H groups in total. The number of anilines is 1. The van der Waals surface area contributed by atoms with E-state index in [-0.39, 0.29) is 12.1 Å². The van der Waals surface area contributed by atoms with Gasteiger partial charge in [0.1, 0.15) is 5.60 Å². The minimum Gasteiger partial charge on any atom is -0.444 e. The van der Waals surface area contributed by atoms with Crippen molar-refractivity contribution in [3.63, 3.8) is 0 Å². The van der Waals surface area contributed by atoms with Gasteiger partial charge in [0.05, 0.1) is 0 Å². The normalized spacial score (nSPS) is 22.0. The molecule has 1 aliphatic carbocycles. The summed E-state index contributed by atoms with van der Waals surface area (Å²) >= 11 is 0. The van der Waals surface area contributed by atoms with E-state index in [2.05, 4.69) is 21.7 Å². The Balaban J connectivity index is 1.75. The molecule has 22 heavy (non-hydrogen) atoms. The molecule has 122 valence electrons. The van der Waals surface area contributed by atoms with Crippen molar-refractivity contribution in [2.75, 3.05) is 5.32 Å². The second-order valence-corrected chi connectivity index (χ2v) is 7.03. The van der Waals surface area contributed by atoms with Crippen LogP contribution in [0.1, 0.15) is 52.1 Å². The quantitative estimate of drug-likeness (QED) is 0.895. The number of carbonyl (C=O) groups excluding carboxylic acids is 1. The van der Waals surface area contributed by atoms with E-state index < -0.39 is 5.60 Å². The SMILES string of the molecule is Cc1cc(NC2CCC(NC(=O)OC(C)(C)C)CC2)ccn1. The monoisotopic (exact) mass is 305 g/mol. The molecule has 0 bridgehead atoms. The summed E-state index contributed by atoms with van der Waals surface area (Å²) in [6.07, 6.45) is 5.55. The van der Waals surface area contributed by atoms with E-state index in [9.17, 15) is 4.79 Å². The average Bonchev–Trinajstić information content (AvgIpc) is 2.39. The maximum atomic E-state index is 11.8. The maximum Gasteiger partial charge on any atom is 0.407 e. The molecule has 1 aromatic rings. The van der Waals surface area contributed by atoms with Crippen LogP contribution in [0.15, 0.2) is 18.3 Å². The van der Waals surface area contributed by atoms with Crippen molar-refractivity contribution in [1.82, 2.24) is 10.3 Å². The van der Waals surface area contributed by atoms with Crippen LogP contribution in [-0.2, 0) is 4.74 Å². The van der Waals surface area contributed by atoms with Gasteiger partial charge < -0.3 is 15.4 Å². The number of hydrogen-bond donors (Lipinski definition) is 2. The molecule has 0 aliphatic heterocycles. The molecule has 0 unspecified atom stereocenters. The third-order valence-corrected chi connectivity index (χ3v) is 3.72. The lowest BCUT2D eigenvalue weighted by atomic mass is 9.91. The molecule has 1 saturated carbocycles. The van der Waals surface area contributed by atoms with Gasteiger partial charge in [-0.1, -0.05) is 0 Å². The molecule has 0 aromatic carbocycles. The van der Waals surface area contributed by atoms with Gasteiger partial charge in [-0.3, -0.25) is 4.98 Å². The highest BCUT2D eigenvalue weighted by Gasteiger charge is 2.24. The van der Waals surface area contributed by atoms with Gasteiger partial charge in [0.15, 0.2) is 0 Å². The van der Waals surface area contributed by atoms with Gasteiger partial charge in [-0.05, 0) is 65.5 Å². The fraction of sp³-hybridized carbons (Fsp3) is 0.647. The largest absolute Gasteiger partial charge is 0.444 e. The van der Waals surface area contributed by atoms with Crippen LogP contribution < -0.4 is 10.6 Å². The first-order chi connectivity index (χ1) is 10.3. The van der Waals surface area contributed by atoms with E-state index in [1.54, 1.807) is 0 Å². The lowest BCUT2D eigenvalue weighted by molar-refractivity contribution is 0.0492. The molecule has 0 saturated heterocycles. The Morgan fingerprint density at radius 3 is 2.45 bits per heavy atom. The third kappa shape index (κ3) is 5.54. The van der Waals surface area contributed by atoms with Crippen LogP contribution in [0.2, 0.25) is 0 Å². The molecule has 1 aromatic heterocycles. The van der Waals surface area contributed by atoms with Crippen LogP contribution >= 0.6 is 0 Å². The van der Waals surface area contributed by atoms with Crippen molar-refractivity contribution in [1.29, 1.82) is 0 Å². The van der Waals surface area contributed by atoms with Crippen molar-refractivity contribution in [2.45, 2.75) is 71.1 Å². The Morgan fingerprint density at radius 2 is 1.86 bits per heavy atom. The molecule has 2 rings (SSSR count). The number of ether oxygens (including phenoxy) is 1. The summed E-state index contributed by atoms with van der Waals surface area (Å²) in [6.45, 7) is 7.63. The number of nitrogens with one attached hydrogen (secondary N) is 2. The van der Waals surface area contributed by atoms with E-state index >= 15 is 0 Å². The van der Waals surface area contributed by atoms with Crippen molar-refractivity contribution in [3.8, 4) is 0 Å². The smallest absolute Gasteiger partial charge is 0.407 e. The predicted octanol–water partition coefficient (Wildman–Crippen LogP) is 3.64. The van der Waals surface area contributed by atoms with Gasteiger partial charge >= 0.3 is 6.09 Å². The molecular formula is C17H27N3O2. The molecular weight excluding hydrogens is 278 g/mol. The van der Waals surface area contributed by atoms with Crippen LogP contribution in [0, 0.1) is 6.92 Å². The number of pyridine rings is 1. The number of rotatable bonds is 3. The summed E-state index contributed by atoms with van der Waals surface area (Å²) in [5.41, 5.74) is 1.70.